The summed E-state index contributed by atoms with van der Waals surface area (Å²) in [7, 11) is 0. The average Bonchev–Trinajstić information content (AvgIpc) is 2.48. The molecule has 1 aromatic heterocycles. The van der Waals surface area contributed by atoms with Crippen molar-refractivity contribution >= 4 is 17.7 Å². The fraction of sp³-hybridized carbons (Fsp3) is 0.500. The summed E-state index contributed by atoms with van der Waals surface area (Å²) >= 11 is 0. The third-order valence-electron chi connectivity index (χ3n) is 3.31. The van der Waals surface area contributed by atoms with Crippen molar-refractivity contribution in [3.63, 3.8) is 0 Å². The number of carbonyl (C=O) groups excluding carboxylic acids is 2. The van der Waals surface area contributed by atoms with Crippen LogP contribution in [-0.2, 0) is 4.74 Å². The standard InChI is InChI=1S/C14H20N4O3/c1-2-21-14(20)17-11-4-3-7-18(9-11)13(19)12-6-5-10(15)8-16-12/h5-6,8,11H,2-4,7,9,15H2,1H3,(H,17,20). The zero-order chi connectivity index (χ0) is 15.2. The number of nitrogens with one attached hydrogen (secondary N) is 1. The lowest BCUT2D eigenvalue weighted by molar-refractivity contribution is 0.0680. The molecule has 114 valence electrons. The minimum Gasteiger partial charge on any atom is -0.450 e. The van der Waals surface area contributed by atoms with Gasteiger partial charge in [-0.25, -0.2) is 9.78 Å². The second kappa shape index (κ2) is 6.92. The highest BCUT2D eigenvalue weighted by Gasteiger charge is 2.26. The number of carbonyl (C=O) groups is 2. The number of rotatable bonds is 3. The molecule has 0 aromatic carbocycles. The number of pyridine rings is 1. The molecule has 0 bridgehead atoms. The Bertz CT molecular complexity index is 503. The van der Waals surface area contributed by atoms with Gasteiger partial charge in [-0.05, 0) is 31.9 Å². The number of hydrogen-bond acceptors (Lipinski definition) is 5. The summed E-state index contributed by atoms with van der Waals surface area (Å²) in [5.74, 6) is -0.148. The Labute approximate surface area is 123 Å². The van der Waals surface area contributed by atoms with Crippen LogP contribution in [0.4, 0.5) is 10.5 Å². The van der Waals surface area contributed by atoms with Gasteiger partial charge in [0.05, 0.1) is 18.5 Å². The highest BCUT2D eigenvalue weighted by atomic mass is 16.5. The molecule has 2 rings (SSSR count). The van der Waals surface area contributed by atoms with Crippen molar-refractivity contribution < 1.29 is 14.3 Å². The molecule has 7 heteroatoms. The van der Waals surface area contributed by atoms with Crippen LogP contribution >= 0.6 is 0 Å². The number of hydrogen-bond donors (Lipinski definition) is 2. The zero-order valence-electron chi connectivity index (χ0n) is 12.0. The van der Waals surface area contributed by atoms with Gasteiger partial charge in [0.15, 0.2) is 0 Å². The summed E-state index contributed by atoms with van der Waals surface area (Å²) in [6.07, 6.45) is 2.68. The largest absolute Gasteiger partial charge is 0.450 e. The Morgan fingerprint density at radius 3 is 3.00 bits per heavy atom. The van der Waals surface area contributed by atoms with E-state index in [4.69, 9.17) is 10.5 Å². The number of anilines is 1. The Morgan fingerprint density at radius 2 is 2.33 bits per heavy atom. The molecule has 2 heterocycles. The SMILES string of the molecule is CCOC(=O)NC1CCCN(C(=O)c2ccc(N)cn2)C1. The van der Waals surface area contributed by atoms with Crippen molar-refractivity contribution in [2.24, 2.45) is 0 Å². The van der Waals surface area contributed by atoms with Gasteiger partial charge in [-0.2, -0.15) is 0 Å². The van der Waals surface area contributed by atoms with Crippen LogP contribution in [0.5, 0.6) is 0 Å². The number of amides is 2. The molecule has 1 saturated heterocycles. The minimum absolute atomic E-state index is 0.0875. The normalized spacial score (nSPS) is 18.1. The Hall–Kier alpha value is -2.31. The van der Waals surface area contributed by atoms with Crippen molar-refractivity contribution in [3.8, 4) is 0 Å². The topological polar surface area (TPSA) is 97.5 Å². The number of alkyl carbamates (subject to hydrolysis) is 1. The number of likely N-dealkylation sites (tertiary alicyclic amines) is 1. The molecule has 0 aliphatic carbocycles. The van der Waals surface area contributed by atoms with Gasteiger partial charge in [-0.1, -0.05) is 0 Å². The zero-order valence-corrected chi connectivity index (χ0v) is 12.0. The maximum atomic E-state index is 12.3. The number of piperidine rings is 1. The summed E-state index contributed by atoms with van der Waals surface area (Å²) in [5, 5.41) is 2.77. The molecule has 1 aromatic rings. The quantitative estimate of drug-likeness (QED) is 0.866. The van der Waals surface area contributed by atoms with Crippen LogP contribution in [0.25, 0.3) is 0 Å². The molecule has 1 aliphatic heterocycles. The minimum atomic E-state index is -0.442. The smallest absolute Gasteiger partial charge is 0.407 e. The van der Waals surface area contributed by atoms with E-state index in [1.165, 1.54) is 6.20 Å². The van der Waals surface area contributed by atoms with Gasteiger partial charge in [-0.15, -0.1) is 0 Å². The summed E-state index contributed by atoms with van der Waals surface area (Å²) in [6.45, 7) is 3.20. The maximum Gasteiger partial charge on any atom is 0.407 e. The Balaban J connectivity index is 1.95. The van der Waals surface area contributed by atoms with E-state index >= 15 is 0 Å². The molecule has 0 spiro atoms. The molecule has 1 aliphatic rings. The van der Waals surface area contributed by atoms with Crippen molar-refractivity contribution in [1.29, 1.82) is 0 Å². The van der Waals surface area contributed by atoms with Crippen LogP contribution in [-0.4, -0.2) is 47.6 Å². The van der Waals surface area contributed by atoms with Gasteiger partial charge < -0.3 is 20.7 Å². The van der Waals surface area contributed by atoms with Crippen LogP contribution < -0.4 is 11.1 Å². The molecule has 0 radical (unpaired) electrons. The molecule has 3 N–H and O–H groups in total. The lowest BCUT2D eigenvalue weighted by atomic mass is 10.1. The first kappa shape index (κ1) is 15.1. The van der Waals surface area contributed by atoms with Crippen LogP contribution in [0, 0.1) is 0 Å². The van der Waals surface area contributed by atoms with Gasteiger partial charge in [0, 0.05) is 19.1 Å². The molecule has 1 atom stereocenters. The van der Waals surface area contributed by atoms with E-state index in [1.54, 1.807) is 24.0 Å². The molecule has 1 unspecified atom stereocenters. The summed E-state index contributed by atoms with van der Waals surface area (Å²) in [6, 6.07) is 3.18. The van der Waals surface area contributed by atoms with Crippen LogP contribution in [0.15, 0.2) is 18.3 Å². The van der Waals surface area contributed by atoms with E-state index in [0.29, 0.717) is 31.1 Å². The molecule has 7 nitrogen and oxygen atoms in total. The van der Waals surface area contributed by atoms with E-state index in [9.17, 15) is 9.59 Å². The Morgan fingerprint density at radius 1 is 1.52 bits per heavy atom. The van der Waals surface area contributed by atoms with Crippen LogP contribution in [0.2, 0.25) is 0 Å². The van der Waals surface area contributed by atoms with Gasteiger partial charge >= 0.3 is 6.09 Å². The second-order valence-corrected chi connectivity index (χ2v) is 4.93. The summed E-state index contributed by atoms with van der Waals surface area (Å²) in [4.78, 5) is 29.5. The van der Waals surface area contributed by atoms with Crippen molar-refractivity contribution in [3.05, 3.63) is 24.0 Å². The third kappa shape index (κ3) is 4.08. The number of ether oxygens (including phenoxy) is 1. The lowest BCUT2D eigenvalue weighted by Gasteiger charge is -2.32. The molecular weight excluding hydrogens is 272 g/mol. The van der Waals surface area contributed by atoms with E-state index in [0.717, 1.165) is 12.8 Å². The van der Waals surface area contributed by atoms with Crippen molar-refractivity contribution in [2.75, 3.05) is 25.4 Å². The molecule has 21 heavy (non-hydrogen) atoms. The lowest BCUT2D eigenvalue weighted by Crippen LogP contribution is -2.49. The molecule has 1 fully saturated rings. The number of nitrogen functional groups attached to an aromatic ring is 1. The van der Waals surface area contributed by atoms with E-state index in [2.05, 4.69) is 10.3 Å². The van der Waals surface area contributed by atoms with Gasteiger partial charge in [0.1, 0.15) is 5.69 Å². The number of aromatic nitrogens is 1. The first-order valence-electron chi connectivity index (χ1n) is 7.04. The fourth-order valence-corrected chi connectivity index (χ4v) is 2.31. The average molecular weight is 292 g/mol. The van der Waals surface area contributed by atoms with Crippen molar-refractivity contribution in [1.82, 2.24) is 15.2 Å². The third-order valence-corrected chi connectivity index (χ3v) is 3.31. The van der Waals surface area contributed by atoms with Crippen LogP contribution in [0.1, 0.15) is 30.3 Å². The molecular formula is C14H20N4O3. The highest BCUT2D eigenvalue weighted by molar-refractivity contribution is 5.92. The fourth-order valence-electron chi connectivity index (χ4n) is 2.31. The first-order chi connectivity index (χ1) is 10.1. The number of nitrogens with zero attached hydrogens (tertiary/aromatic N) is 2. The molecule has 2 amide bonds. The predicted octanol–water partition coefficient (Wildman–Crippen LogP) is 1.01. The number of nitrogens with two attached hydrogens (primary N) is 1. The summed E-state index contributed by atoms with van der Waals surface area (Å²) < 4.78 is 4.86. The van der Waals surface area contributed by atoms with Gasteiger partial charge in [0.2, 0.25) is 0 Å². The van der Waals surface area contributed by atoms with Crippen LogP contribution in [0.3, 0.4) is 0 Å². The van der Waals surface area contributed by atoms with E-state index in [1.807, 2.05) is 0 Å². The van der Waals surface area contributed by atoms with Gasteiger partial charge in [0.25, 0.3) is 5.91 Å². The van der Waals surface area contributed by atoms with Gasteiger partial charge in [-0.3, -0.25) is 4.79 Å². The predicted molar refractivity (Wildman–Crippen MR) is 77.7 cm³/mol. The van der Waals surface area contributed by atoms with Crippen molar-refractivity contribution in [2.45, 2.75) is 25.8 Å². The van der Waals surface area contributed by atoms with E-state index < -0.39 is 6.09 Å². The maximum absolute atomic E-state index is 12.3. The molecule has 0 saturated carbocycles. The second-order valence-electron chi connectivity index (χ2n) is 4.93. The monoisotopic (exact) mass is 292 g/mol. The highest BCUT2D eigenvalue weighted by Crippen LogP contribution is 2.13. The van der Waals surface area contributed by atoms with E-state index in [-0.39, 0.29) is 11.9 Å². The first-order valence-corrected chi connectivity index (χ1v) is 7.04. The summed E-state index contributed by atoms with van der Waals surface area (Å²) in [5.41, 5.74) is 6.44. The Kier molecular flexibility index (Phi) is 4.97.